The van der Waals surface area contributed by atoms with Gasteiger partial charge in [0.2, 0.25) is 0 Å². The molecule has 0 radical (unpaired) electrons. The van der Waals surface area contributed by atoms with Crippen molar-refractivity contribution in [3.05, 3.63) is 33.6 Å². The van der Waals surface area contributed by atoms with Crippen molar-refractivity contribution in [2.45, 2.75) is 6.67 Å². The molecular formula is C7H4Cl2F2. The highest BCUT2D eigenvalue weighted by molar-refractivity contribution is 6.35. The van der Waals surface area contributed by atoms with Gasteiger partial charge in [0.1, 0.15) is 6.67 Å². The Kier molecular flexibility index (Phi) is 2.68. The molecule has 4 heteroatoms. The predicted molar refractivity (Wildman–Crippen MR) is 41.2 cm³/mol. The fraction of sp³-hybridized carbons (Fsp3) is 0.143. The van der Waals surface area contributed by atoms with E-state index in [1.165, 1.54) is 12.1 Å². The summed E-state index contributed by atoms with van der Waals surface area (Å²) in [6, 6.07) is 2.63. The molecule has 0 spiro atoms. The van der Waals surface area contributed by atoms with Gasteiger partial charge >= 0.3 is 0 Å². The van der Waals surface area contributed by atoms with Crippen molar-refractivity contribution in [2.75, 3.05) is 0 Å². The van der Waals surface area contributed by atoms with Crippen LogP contribution in [0.4, 0.5) is 8.78 Å². The normalized spacial score (nSPS) is 10.2. The van der Waals surface area contributed by atoms with Crippen LogP contribution in [0.3, 0.4) is 0 Å². The third-order valence-electron chi connectivity index (χ3n) is 1.26. The van der Waals surface area contributed by atoms with Crippen molar-refractivity contribution in [1.82, 2.24) is 0 Å². The Morgan fingerprint density at radius 2 is 1.91 bits per heavy atom. The van der Waals surface area contributed by atoms with Crippen molar-refractivity contribution < 1.29 is 8.78 Å². The number of rotatable bonds is 1. The van der Waals surface area contributed by atoms with Crippen LogP contribution in [0.25, 0.3) is 0 Å². The first kappa shape index (κ1) is 8.75. The maximum Gasteiger partial charge on any atom is 0.160 e. The van der Waals surface area contributed by atoms with Gasteiger partial charge in [-0.05, 0) is 6.07 Å². The summed E-state index contributed by atoms with van der Waals surface area (Å²) >= 11 is 10.8. The van der Waals surface area contributed by atoms with Crippen molar-refractivity contribution in [1.29, 1.82) is 0 Å². The van der Waals surface area contributed by atoms with Gasteiger partial charge < -0.3 is 0 Å². The quantitative estimate of drug-likeness (QED) is 0.603. The second-order valence-electron chi connectivity index (χ2n) is 1.97. The number of hydrogen-bond acceptors (Lipinski definition) is 0. The van der Waals surface area contributed by atoms with Crippen molar-refractivity contribution >= 4 is 23.2 Å². The van der Waals surface area contributed by atoms with Gasteiger partial charge in [0.05, 0.1) is 10.0 Å². The van der Waals surface area contributed by atoms with Crippen LogP contribution in [0, 0.1) is 5.82 Å². The lowest BCUT2D eigenvalue weighted by molar-refractivity contribution is 0.482. The molecular weight excluding hydrogens is 193 g/mol. The van der Waals surface area contributed by atoms with E-state index >= 15 is 0 Å². The third kappa shape index (κ3) is 1.63. The largest absolute Gasteiger partial charge is 0.246 e. The second-order valence-corrected chi connectivity index (χ2v) is 2.75. The van der Waals surface area contributed by atoms with Gasteiger partial charge in [-0.2, -0.15) is 0 Å². The summed E-state index contributed by atoms with van der Waals surface area (Å²) < 4.78 is 24.8. The van der Waals surface area contributed by atoms with Gasteiger partial charge in [-0.3, -0.25) is 0 Å². The van der Waals surface area contributed by atoms with Crippen LogP contribution in [0.1, 0.15) is 5.56 Å². The van der Waals surface area contributed by atoms with Crippen LogP contribution >= 0.6 is 23.2 Å². The summed E-state index contributed by atoms with van der Waals surface area (Å²) in [6.45, 7) is -0.785. The molecule has 0 N–H and O–H groups in total. The van der Waals surface area contributed by atoms with E-state index in [0.717, 1.165) is 0 Å². The Labute approximate surface area is 72.7 Å². The van der Waals surface area contributed by atoms with E-state index in [0.29, 0.717) is 0 Å². The molecule has 1 aromatic rings. The summed E-state index contributed by atoms with van der Waals surface area (Å²) in [5.74, 6) is -0.761. The molecule has 0 saturated heterocycles. The molecule has 0 aliphatic rings. The zero-order chi connectivity index (χ0) is 8.43. The molecule has 0 aliphatic carbocycles. The molecule has 1 rings (SSSR count). The van der Waals surface area contributed by atoms with Gasteiger partial charge in [-0.1, -0.05) is 29.3 Å². The molecule has 1 aromatic carbocycles. The smallest absolute Gasteiger partial charge is 0.160 e. The molecule has 0 nitrogen and oxygen atoms in total. The average Bonchev–Trinajstić information content (AvgIpc) is 2.01. The highest BCUT2D eigenvalue weighted by atomic mass is 35.5. The summed E-state index contributed by atoms with van der Waals surface area (Å²) in [7, 11) is 0. The summed E-state index contributed by atoms with van der Waals surface area (Å²) in [5.41, 5.74) is 0.119. The van der Waals surface area contributed by atoms with Gasteiger partial charge in [-0.25, -0.2) is 8.78 Å². The van der Waals surface area contributed by atoms with Crippen molar-refractivity contribution in [3.63, 3.8) is 0 Å². The molecule has 0 heterocycles. The minimum absolute atomic E-state index is 0.0906. The molecule has 11 heavy (non-hydrogen) atoms. The van der Waals surface area contributed by atoms with Crippen LogP contribution in [-0.2, 0) is 6.67 Å². The maximum atomic E-state index is 12.7. The number of hydrogen-bond donors (Lipinski definition) is 0. The molecule has 0 atom stereocenters. The predicted octanol–water partition coefficient (Wildman–Crippen LogP) is 3.60. The topological polar surface area (TPSA) is 0 Å². The van der Waals surface area contributed by atoms with E-state index < -0.39 is 12.5 Å². The van der Waals surface area contributed by atoms with Gasteiger partial charge in [0.25, 0.3) is 0 Å². The number of halogens is 4. The fourth-order valence-electron chi connectivity index (χ4n) is 0.669. The lowest BCUT2D eigenvalue weighted by Gasteiger charge is -2.00. The minimum atomic E-state index is -0.785. The van der Waals surface area contributed by atoms with Gasteiger partial charge in [0.15, 0.2) is 5.82 Å². The van der Waals surface area contributed by atoms with Crippen LogP contribution in [-0.4, -0.2) is 0 Å². The van der Waals surface area contributed by atoms with Crippen molar-refractivity contribution in [3.8, 4) is 0 Å². The summed E-state index contributed by atoms with van der Waals surface area (Å²) in [5, 5.41) is -0.327. The SMILES string of the molecule is FCc1ccc(Cl)c(F)c1Cl. The van der Waals surface area contributed by atoms with Crippen LogP contribution in [0.5, 0.6) is 0 Å². The molecule has 0 aliphatic heterocycles. The zero-order valence-corrected chi connectivity index (χ0v) is 6.89. The molecule has 0 saturated carbocycles. The Morgan fingerprint density at radius 1 is 1.27 bits per heavy atom. The lowest BCUT2D eigenvalue weighted by Crippen LogP contribution is -1.86. The second kappa shape index (κ2) is 3.37. The summed E-state index contributed by atoms with van der Waals surface area (Å²) in [4.78, 5) is 0. The van der Waals surface area contributed by atoms with E-state index in [9.17, 15) is 8.78 Å². The molecule has 0 bridgehead atoms. The van der Waals surface area contributed by atoms with Crippen molar-refractivity contribution in [2.24, 2.45) is 0 Å². The monoisotopic (exact) mass is 196 g/mol. The van der Waals surface area contributed by atoms with E-state index in [-0.39, 0.29) is 15.6 Å². The molecule has 0 amide bonds. The van der Waals surface area contributed by atoms with Crippen LogP contribution in [0.2, 0.25) is 10.0 Å². The fourth-order valence-corrected chi connectivity index (χ4v) is 1.09. The standard InChI is InChI=1S/C7H4Cl2F2/c8-5-2-1-4(3-10)6(9)7(5)11/h1-2H,3H2. The van der Waals surface area contributed by atoms with E-state index in [1.54, 1.807) is 0 Å². The first-order valence-electron chi connectivity index (χ1n) is 2.85. The van der Waals surface area contributed by atoms with Crippen LogP contribution < -0.4 is 0 Å². The summed E-state index contributed by atoms with van der Waals surface area (Å²) in [6.07, 6.45) is 0. The Hall–Kier alpha value is -0.340. The van der Waals surface area contributed by atoms with Gasteiger partial charge in [0, 0.05) is 5.56 Å². The molecule has 0 fully saturated rings. The Bertz CT molecular complexity index is 273. The highest BCUT2D eigenvalue weighted by Gasteiger charge is 2.08. The number of benzene rings is 1. The first-order chi connectivity index (χ1) is 5.16. The van der Waals surface area contributed by atoms with E-state index in [4.69, 9.17) is 23.2 Å². The van der Waals surface area contributed by atoms with Crippen LogP contribution in [0.15, 0.2) is 12.1 Å². The molecule has 0 aromatic heterocycles. The minimum Gasteiger partial charge on any atom is -0.246 e. The maximum absolute atomic E-state index is 12.7. The highest BCUT2D eigenvalue weighted by Crippen LogP contribution is 2.26. The third-order valence-corrected chi connectivity index (χ3v) is 1.96. The lowest BCUT2D eigenvalue weighted by atomic mass is 10.2. The average molecular weight is 197 g/mol. The molecule has 60 valence electrons. The molecule has 0 unspecified atom stereocenters. The van der Waals surface area contributed by atoms with E-state index in [1.807, 2.05) is 0 Å². The Morgan fingerprint density at radius 3 is 2.45 bits per heavy atom. The van der Waals surface area contributed by atoms with Gasteiger partial charge in [-0.15, -0.1) is 0 Å². The van der Waals surface area contributed by atoms with E-state index in [2.05, 4.69) is 0 Å². The zero-order valence-electron chi connectivity index (χ0n) is 5.37. The Balaban J connectivity index is 3.25. The first-order valence-corrected chi connectivity index (χ1v) is 3.60. The number of alkyl halides is 1.